The number of imidazole rings is 1. The summed E-state index contributed by atoms with van der Waals surface area (Å²) in [5.74, 6) is 1.17. The van der Waals surface area contributed by atoms with Gasteiger partial charge < -0.3 is 10.5 Å². The maximum absolute atomic E-state index is 11.0. The minimum atomic E-state index is -0.178. The smallest absolute Gasteiger partial charge is 0.305 e. The zero-order valence-electron chi connectivity index (χ0n) is 10.6. The van der Waals surface area contributed by atoms with Gasteiger partial charge in [-0.15, -0.1) is 0 Å². The van der Waals surface area contributed by atoms with Crippen molar-refractivity contribution in [2.75, 3.05) is 12.8 Å². The third-order valence-electron chi connectivity index (χ3n) is 2.87. The van der Waals surface area contributed by atoms with Gasteiger partial charge in [-0.1, -0.05) is 0 Å². The van der Waals surface area contributed by atoms with Crippen molar-refractivity contribution in [3.8, 4) is 0 Å². The predicted molar refractivity (Wildman–Crippen MR) is 74.7 cm³/mol. The highest BCUT2D eigenvalue weighted by molar-refractivity contribution is 9.10. The van der Waals surface area contributed by atoms with Gasteiger partial charge in [0.2, 0.25) is 0 Å². The van der Waals surface area contributed by atoms with Crippen LogP contribution in [0.4, 0.5) is 5.82 Å². The second-order valence-electron chi connectivity index (χ2n) is 4.13. The van der Waals surface area contributed by atoms with Gasteiger partial charge in [0.15, 0.2) is 5.82 Å². The van der Waals surface area contributed by atoms with Gasteiger partial charge in [0, 0.05) is 25.2 Å². The van der Waals surface area contributed by atoms with Gasteiger partial charge in [-0.05, 0) is 28.8 Å². The van der Waals surface area contributed by atoms with Crippen LogP contribution in [-0.2, 0) is 16.0 Å². The standard InChI is InChI=1S/C12H15BrN4O2/c1-19-9(18)5-3-2-4-8-16-11(13)10-12(14)15-6-7-17(8)10/h6-7H,2-5H2,1H3,(H2,14,15). The maximum atomic E-state index is 11.0. The predicted octanol–water partition coefficient (Wildman–Crippen LogP) is 1.96. The number of anilines is 1. The van der Waals surface area contributed by atoms with E-state index in [0.717, 1.165) is 30.6 Å². The van der Waals surface area contributed by atoms with Gasteiger partial charge >= 0.3 is 5.97 Å². The summed E-state index contributed by atoms with van der Waals surface area (Å²) in [5.41, 5.74) is 6.60. The first-order chi connectivity index (χ1) is 9.13. The van der Waals surface area contributed by atoms with Gasteiger partial charge in [-0.3, -0.25) is 9.20 Å². The number of hydrogen-bond acceptors (Lipinski definition) is 5. The molecule has 6 nitrogen and oxygen atoms in total. The van der Waals surface area contributed by atoms with Crippen LogP contribution in [0.3, 0.4) is 0 Å². The molecular weight excluding hydrogens is 312 g/mol. The average Bonchev–Trinajstić information content (AvgIpc) is 2.72. The molecule has 2 heterocycles. The Bertz CT molecular complexity index is 597. The lowest BCUT2D eigenvalue weighted by atomic mass is 10.2. The van der Waals surface area contributed by atoms with Crippen LogP contribution >= 0.6 is 15.9 Å². The molecule has 2 rings (SSSR count). The molecule has 0 aliphatic rings. The number of nitrogens with two attached hydrogens (primary N) is 1. The van der Waals surface area contributed by atoms with Crippen molar-refractivity contribution in [2.45, 2.75) is 25.7 Å². The van der Waals surface area contributed by atoms with E-state index in [2.05, 4.69) is 30.6 Å². The Balaban J connectivity index is 2.05. The highest BCUT2D eigenvalue weighted by Gasteiger charge is 2.12. The van der Waals surface area contributed by atoms with E-state index in [4.69, 9.17) is 5.73 Å². The molecule has 2 aromatic rings. The van der Waals surface area contributed by atoms with Gasteiger partial charge in [0.25, 0.3) is 0 Å². The summed E-state index contributed by atoms with van der Waals surface area (Å²) >= 11 is 3.39. The van der Waals surface area contributed by atoms with E-state index in [1.807, 2.05) is 10.6 Å². The molecule has 0 bridgehead atoms. The van der Waals surface area contributed by atoms with Crippen molar-refractivity contribution in [1.29, 1.82) is 0 Å². The number of nitrogen functional groups attached to an aromatic ring is 1. The van der Waals surface area contributed by atoms with Gasteiger partial charge in [0.1, 0.15) is 15.9 Å². The number of rotatable bonds is 5. The first-order valence-electron chi connectivity index (χ1n) is 5.97. The molecule has 0 radical (unpaired) electrons. The van der Waals surface area contributed by atoms with Crippen molar-refractivity contribution in [2.24, 2.45) is 0 Å². The molecule has 0 aliphatic heterocycles. The monoisotopic (exact) mass is 326 g/mol. The van der Waals surface area contributed by atoms with Gasteiger partial charge in [-0.2, -0.15) is 0 Å². The van der Waals surface area contributed by atoms with Crippen molar-refractivity contribution < 1.29 is 9.53 Å². The molecule has 0 aromatic carbocycles. The Morgan fingerprint density at radius 3 is 3.05 bits per heavy atom. The van der Waals surface area contributed by atoms with Crippen molar-refractivity contribution >= 4 is 33.2 Å². The molecule has 2 N–H and O–H groups in total. The normalized spacial score (nSPS) is 10.8. The number of esters is 1. The first-order valence-corrected chi connectivity index (χ1v) is 6.76. The number of carbonyl (C=O) groups excluding carboxylic acids is 1. The molecule has 0 fully saturated rings. The Labute approximate surface area is 119 Å². The van der Waals surface area contributed by atoms with Crippen LogP contribution in [0.2, 0.25) is 0 Å². The molecule has 0 spiro atoms. The van der Waals surface area contributed by atoms with E-state index >= 15 is 0 Å². The van der Waals surface area contributed by atoms with E-state index < -0.39 is 0 Å². The molecule has 0 saturated carbocycles. The molecule has 0 aliphatic carbocycles. The summed E-state index contributed by atoms with van der Waals surface area (Å²) in [6.45, 7) is 0. The molecule has 19 heavy (non-hydrogen) atoms. The minimum absolute atomic E-state index is 0.178. The quantitative estimate of drug-likeness (QED) is 0.670. The average molecular weight is 327 g/mol. The number of unbranched alkanes of at least 4 members (excludes halogenated alkanes) is 1. The highest BCUT2D eigenvalue weighted by Crippen LogP contribution is 2.23. The second-order valence-corrected chi connectivity index (χ2v) is 4.88. The fourth-order valence-electron chi connectivity index (χ4n) is 1.91. The lowest BCUT2D eigenvalue weighted by Crippen LogP contribution is -2.01. The lowest BCUT2D eigenvalue weighted by Gasteiger charge is -2.02. The number of aryl methyl sites for hydroxylation is 1. The largest absolute Gasteiger partial charge is 0.469 e. The molecule has 102 valence electrons. The Morgan fingerprint density at radius 1 is 1.53 bits per heavy atom. The summed E-state index contributed by atoms with van der Waals surface area (Å²) in [4.78, 5) is 19.5. The van der Waals surface area contributed by atoms with Crippen LogP contribution in [0.25, 0.3) is 5.52 Å². The Kier molecular flexibility index (Phi) is 4.36. The third kappa shape index (κ3) is 3.04. The number of methoxy groups -OCH3 is 1. The molecule has 0 saturated heterocycles. The fourth-order valence-corrected chi connectivity index (χ4v) is 2.51. The highest BCUT2D eigenvalue weighted by atomic mass is 79.9. The maximum Gasteiger partial charge on any atom is 0.305 e. The minimum Gasteiger partial charge on any atom is -0.469 e. The summed E-state index contributed by atoms with van der Waals surface area (Å²) in [6, 6.07) is 0. The van der Waals surface area contributed by atoms with E-state index in [-0.39, 0.29) is 5.97 Å². The first kappa shape index (κ1) is 13.8. The number of hydrogen-bond donors (Lipinski definition) is 1. The van der Waals surface area contributed by atoms with Crippen LogP contribution in [0.5, 0.6) is 0 Å². The van der Waals surface area contributed by atoms with E-state index in [0.29, 0.717) is 16.8 Å². The number of halogens is 1. The number of aromatic nitrogens is 3. The number of ether oxygens (including phenoxy) is 1. The van der Waals surface area contributed by atoms with Gasteiger partial charge in [0.05, 0.1) is 7.11 Å². The topological polar surface area (TPSA) is 82.5 Å². The zero-order chi connectivity index (χ0) is 13.8. The molecule has 2 aromatic heterocycles. The van der Waals surface area contributed by atoms with Crippen LogP contribution in [0, 0.1) is 0 Å². The van der Waals surface area contributed by atoms with Crippen molar-refractivity contribution in [3.05, 3.63) is 22.8 Å². The van der Waals surface area contributed by atoms with E-state index in [1.165, 1.54) is 7.11 Å². The van der Waals surface area contributed by atoms with Crippen LogP contribution in [0.15, 0.2) is 17.0 Å². The summed E-state index contributed by atoms with van der Waals surface area (Å²) < 4.78 is 7.22. The molecule has 0 amide bonds. The zero-order valence-corrected chi connectivity index (χ0v) is 12.2. The molecule has 0 unspecified atom stereocenters. The fraction of sp³-hybridized carbons (Fsp3) is 0.417. The number of nitrogens with zero attached hydrogens (tertiary/aromatic N) is 3. The van der Waals surface area contributed by atoms with Crippen molar-refractivity contribution in [1.82, 2.24) is 14.4 Å². The SMILES string of the molecule is COC(=O)CCCCc1nc(Br)c2c(N)nccn12. The Morgan fingerprint density at radius 2 is 2.32 bits per heavy atom. The summed E-state index contributed by atoms with van der Waals surface area (Å²) in [7, 11) is 1.40. The summed E-state index contributed by atoms with van der Waals surface area (Å²) in [5, 5.41) is 0. The van der Waals surface area contributed by atoms with Crippen LogP contribution < -0.4 is 5.73 Å². The molecule has 0 atom stereocenters. The number of fused-ring (bicyclic) bond motifs is 1. The van der Waals surface area contributed by atoms with Gasteiger partial charge in [-0.25, -0.2) is 9.97 Å². The summed E-state index contributed by atoms with van der Waals surface area (Å²) in [6.07, 6.45) is 6.33. The van der Waals surface area contributed by atoms with Crippen LogP contribution in [-0.4, -0.2) is 27.4 Å². The van der Waals surface area contributed by atoms with Crippen LogP contribution in [0.1, 0.15) is 25.1 Å². The van der Waals surface area contributed by atoms with Crippen molar-refractivity contribution in [3.63, 3.8) is 0 Å². The van der Waals surface area contributed by atoms with E-state index in [1.54, 1.807) is 6.20 Å². The lowest BCUT2D eigenvalue weighted by molar-refractivity contribution is -0.140. The van der Waals surface area contributed by atoms with E-state index in [9.17, 15) is 4.79 Å². The molecule has 7 heteroatoms. The Hall–Kier alpha value is -1.63. The molecular formula is C12H15BrN4O2. The number of carbonyl (C=O) groups is 1. The second kappa shape index (κ2) is 6.01. The third-order valence-corrected chi connectivity index (χ3v) is 3.43.